The van der Waals surface area contributed by atoms with Crippen LogP contribution in [0.2, 0.25) is 0 Å². The van der Waals surface area contributed by atoms with Crippen molar-refractivity contribution in [3.8, 4) is 17.1 Å². The van der Waals surface area contributed by atoms with E-state index in [1.165, 1.54) is 10.5 Å². The van der Waals surface area contributed by atoms with Crippen molar-refractivity contribution in [1.82, 2.24) is 28.5 Å². The predicted octanol–water partition coefficient (Wildman–Crippen LogP) is 1.99. The third-order valence-corrected chi connectivity index (χ3v) is 7.69. The molecule has 2 aromatic heterocycles. The molecule has 0 unspecified atom stereocenters. The van der Waals surface area contributed by atoms with Crippen molar-refractivity contribution in [2.75, 3.05) is 33.3 Å². The van der Waals surface area contributed by atoms with Gasteiger partial charge in [-0.1, -0.05) is 0 Å². The van der Waals surface area contributed by atoms with Gasteiger partial charge >= 0.3 is 0 Å². The lowest BCUT2D eigenvalue weighted by atomic mass is 10.2. The molecule has 0 spiro atoms. The largest absolute Gasteiger partial charge is 0.497 e. The van der Waals surface area contributed by atoms with Gasteiger partial charge in [0.05, 0.1) is 13.8 Å². The van der Waals surface area contributed by atoms with Crippen molar-refractivity contribution in [3.63, 3.8) is 0 Å². The number of pyridine rings is 1. The Labute approximate surface area is 186 Å². The van der Waals surface area contributed by atoms with E-state index in [1.54, 1.807) is 30.1 Å². The molecule has 0 N–H and O–H groups in total. The predicted molar refractivity (Wildman–Crippen MR) is 119 cm³/mol. The van der Waals surface area contributed by atoms with Gasteiger partial charge in [0.2, 0.25) is 10.0 Å². The minimum atomic E-state index is -3.52. The standard InChI is InChI=1S/C20H24N6O3S2/c1-23-19(16-5-7-17(29-2)8-6-16)22-26(20(23)30)15-24-10-12-25(13-11-24)31(27,28)18-4-3-9-21-14-18/h3-9,14H,10-13,15H2,1-2H3. The van der Waals surface area contributed by atoms with Crippen molar-refractivity contribution in [2.24, 2.45) is 7.05 Å². The lowest BCUT2D eigenvalue weighted by Gasteiger charge is -2.33. The molecule has 11 heteroatoms. The molecule has 164 valence electrons. The number of aromatic nitrogens is 4. The quantitative estimate of drug-likeness (QED) is 0.520. The maximum atomic E-state index is 12.8. The van der Waals surface area contributed by atoms with Crippen LogP contribution in [0.3, 0.4) is 0 Å². The monoisotopic (exact) mass is 460 g/mol. The van der Waals surface area contributed by atoms with Gasteiger partial charge in [0, 0.05) is 51.2 Å². The van der Waals surface area contributed by atoms with Crippen LogP contribution in [0.5, 0.6) is 5.75 Å². The molecule has 0 saturated carbocycles. The Morgan fingerprint density at radius 2 is 1.81 bits per heavy atom. The molecular weight excluding hydrogens is 436 g/mol. The summed E-state index contributed by atoms with van der Waals surface area (Å²) in [5.41, 5.74) is 0.945. The molecule has 3 aromatic rings. The third-order valence-electron chi connectivity index (χ3n) is 5.33. The first kappa shape index (κ1) is 21.6. The normalized spacial score (nSPS) is 15.8. The highest BCUT2D eigenvalue weighted by molar-refractivity contribution is 7.89. The van der Waals surface area contributed by atoms with Crippen LogP contribution in [-0.4, -0.2) is 70.2 Å². The van der Waals surface area contributed by atoms with E-state index in [9.17, 15) is 8.42 Å². The highest BCUT2D eigenvalue weighted by Gasteiger charge is 2.29. The second-order valence-corrected chi connectivity index (χ2v) is 9.55. The molecule has 1 aliphatic heterocycles. The van der Waals surface area contributed by atoms with Crippen molar-refractivity contribution in [1.29, 1.82) is 0 Å². The molecule has 0 radical (unpaired) electrons. The van der Waals surface area contributed by atoms with Crippen LogP contribution in [-0.2, 0) is 23.7 Å². The molecule has 1 aromatic carbocycles. The Bertz CT molecular complexity index is 1200. The second-order valence-electron chi connectivity index (χ2n) is 7.25. The van der Waals surface area contributed by atoms with Gasteiger partial charge in [-0.2, -0.15) is 9.40 Å². The van der Waals surface area contributed by atoms with Gasteiger partial charge in [-0.3, -0.25) is 9.88 Å². The molecule has 3 heterocycles. The van der Waals surface area contributed by atoms with E-state index in [-0.39, 0.29) is 4.90 Å². The summed E-state index contributed by atoms with van der Waals surface area (Å²) in [4.78, 5) is 6.29. The van der Waals surface area contributed by atoms with Crippen molar-refractivity contribution >= 4 is 22.2 Å². The smallest absolute Gasteiger partial charge is 0.244 e. The molecule has 1 saturated heterocycles. The summed E-state index contributed by atoms with van der Waals surface area (Å²) in [6, 6.07) is 10.9. The first-order valence-corrected chi connectivity index (χ1v) is 11.7. The van der Waals surface area contributed by atoms with Gasteiger partial charge in [-0.15, -0.1) is 0 Å². The van der Waals surface area contributed by atoms with Crippen LogP contribution in [0, 0.1) is 4.77 Å². The Balaban J connectivity index is 1.45. The number of ether oxygens (including phenoxy) is 1. The number of rotatable bonds is 6. The van der Waals surface area contributed by atoms with Gasteiger partial charge < -0.3 is 9.30 Å². The molecule has 0 atom stereocenters. The average molecular weight is 461 g/mol. The molecule has 0 aliphatic carbocycles. The maximum Gasteiger partial charge on any atom is 0.244 e. The van der Waals surface area contributed by atoms with E-state index in [0.29, 0.717) is 37.6 Å². The van der Waals surface area contributed by atoms with E-state index in [0.717, 1.165) is 17.1 Å². The Morgan fingerprint density at radius 3 is 2.42 bits per heavy atom. The summed E-state index contributed by atoms with van der Waals surface area (Å²) in [6.45, 7) is 2.50. The first-order valence-electron chi connectivity index (χ1n) is 9.81. The lowest BCUT2D eigenvalue weighted by Crippen LogP contribution is -2.48. The van der Waals surface area contributed by atoms with Crippen molar-refractivity contribution in [2.45, 2.75) is 11.6 Å². The zero-order chi connectivity index (χ0) is 22.0. The summed E-state index contributed by atoms with van der Waals surface area (Å²) in [7, 11) is 0.000327. The Kier molecular flexibility index (Phi) is 6.19. The molecule has 1 fully saturated rings. The fraction of sp³-hybridized carbons (Fsp3) is 0.350. The van der Waals surface area contributed by atoms with E-state index < -0.39 is 10.0 Å². The molecule has 1 aliphatic rings. The molecule has 0 amide bonds. The third kappa shape index (κ3) is 4.40. The van der Waals surface area contributed by atoms with Crippen LogP contribution in [0.1, 0.15) is 0 Å². The lowest BCUT2D eigenvalue weighted by molar-refractivity contribution is 0.144. The Morgan fingerprint density at radius 1 is 1.10 bits per heavy atom. The molecule has 4 rings (SSSR count). The van der Waals surface area contributed by atoms with E-state index >= 15 is 0 Å². The highest BCUT2D eigenvalue weighted by atomic mass is 32.2. The maximum absolute atomic E-state index is 12.8. The second kappa shape index (κ2) is 8.87. The van der Waals surface area contributed by atoms with Gasteiger partial charge in [0.25, 0.3) is 0 Å². The molecule has 0 bridgehead atoms. The van der Waals surface area contributed by atoms with Gasteiger partial charge in [0.1, 0.15) is 10.6 Å². The first-order chi connectivity index (χ1) is 14.9. The number of hydrogen-bond acceptors (Lipinski definition) is 7. The van der Waals surface area contributed by atoms with E-state index in [2.05, 4.69) is 9.88 Å². The topological polar surface area (TPSA) is 85.5 Å². The summed E-state index contributed by atoms with van der Waals surface area (Å²) < 4.78 is 36.5. The summed E-state index contributed by atoms with van der Waals surface area (Å²) in [5.74, 6) is 1.55. The van der Waals surface area contributed by atoms with E-state index in [4.69, 9.17) is 22.1 Å². The number of sulfonamides is 1. The number of benzene rings is 1. The number of piperazine rings is 1. The van der Waals surface area contributed by atoms with Crippen LogP contribution < -0.4 is 4.74 Å². The Hall–Kier alpha value is -2.60. The summed E-state index contributed by atoms with van der Waals surface area (Å²) in [6.07, 6.45) is 2.95. The van der Waals surface area contributed by atoms with Crippen LogP contribution >= 0.6 is 12.2 Å². The van der Waals surface area contributed by atoms with Gasteiger partial charge in [0.15, 0.2) is 10.6 Å². The zero-order valence-corrected chi connectivity index (χ0v) is 19.0. The van der Waals surface area contributed by atoms with Crippen LogP contribution in [0.15, 0.2) is 53.7 Å². The highest BCUT2D eigenvalue weighted by Crippen LogP contribution is 2.21. The van der Waals surface area contributed by atoms with Gasteiger partial charge in [-0.25, -0.2) is 13.1 Å². The number of hydrogen-bond donors (Lipinski definition) is 0. The van der Waals surface area contributed by atoms with Crippen LogP contribution in [0.4, 0.5) is 0 Å². The molecule has 9 nitrogen and oxygen atoms in total. The van der Waals surface area contributed by atoms with Crippen molar-refractivity contribution < 1.29 is 13.2 Å². The summed E-state index contributed by atoms with van der Waals surface area (Å²) >= 11 is 5.58. The van der Waals surface area contributed by atoms with Gasteiger partial charge in [-0.05, 0) is 48.6 Å². The van der Waals surface area contributed by atoms with Crippen LogP contribution in [0.25, 0.3) is 11.4 Å². The number of methoxy groups -OCH3 is 1. The minimum absolute atomic E-state index is 0.222. The number of nitrogens with zero attached hydrogens (tertiary/aromatic N) is 6. The SMILES string of the molecule is COc1ccc(-c2nn(CN3CCN(S(=O)(=O)c4cccnc4)CC3)c(=S)n2C)cc1. The van der Waals surface area contributed by atoms with Crippen molar-refractivity contribution in [3.05, 3.63) is 53.6 Å². The fourth-order valence-electron chi connectivity index (χ4n) is 3.52. The zero-order valence-electron chi connectivity index (χ0n) is 17.4. The minimum Gasteiger partial charge on any atom is -0.497 e. The molecule has 31 heavy (non-hydrogen) atoms. The molecular formula is C20H24N6O3S2. The summed E-state index contributed by atoms with van der Waals surface area (Å²) in [5, 5.41) is 4.70. The average Bonchev–Trinajstić information content (AvgIpc) is 3.08. The van der Waals surface area contributed by atoms with E-state index in [1.807, 2.05) is 35.9 Å². The fourth-order valence-corrected chi connectivity index (χ4v) is 5.09.